The van der Waals surface area contributed by atoms with Crippen molar-refractivity contribution < 1.29 is 33.1 Å². The molecular formula is C32H49O7P. The standard InChI is InChI=1S/C32H49O7P/c1-7-8-10-13-24-19-28(33)30(27-18-23(6)16-17-26(27)21(2)3)29(20-24)37-32(34)31(25-14-11-9-12-15-25)39-40(35,36)38-22(4)5/h18-20,22,25-27,31,33H,2,7-17H2,1,3-6H3,(H,35,36)/t26-,27+,31?/m0/s1. The molecule has 3 rings (SSSR count). The number of hydrogen-bond donors (Lipinski definition) is 2. The smallest absolute Gasteiger partial charge is 0.473 e. The van der Waals surface area contributed by atoms with E-state index in [1.54, 1.807) is 19.9 Å². The molecule has 224 valence electrons. The van der Waals surface area contributed by atoms with E-state index in [9.17, 15) is 19.4 Å². The summed E-state index contributed by atoms with van der Waals surface area (Å²) in [5, 5.41) is 11.4. The highest BCUT2D eigenvalue weighted by molar-refractivity contribution is 7.47. The number of carbonyl (C=O) groups excluding carboxylic acids is 1. The van der Waals surface area contributed by atoms with Gasteiger partial charge in [0.05, 0.1) is 6.10 Å². The summed E-state index contributed by atoms with van der Waals surface area (Å²) in [6.07, 6.45) is 10.2. The van der Waals surface area contributed by atoms with E-state index in [-0.39, 0.29) is 29.3 Å². The first-order valence-electron chi connectivity index (χ1n) is 15.0. The number of phosphoric ester groups is 1. The number of phosphoric acid groups is 1. The van der Waals surface area contributed by atoms with E-state index in [4.69, 9.17) is 13.8 Å². The highest BCUT2D eigenvalue weighted by atomic mass is 31.2. The van der Waals surface area contributed by atoms with Crippen LogP contribution in [0.1, 0.15) is 116 Å². The molecule has 0 saturated heterocycles. The summed E-state index contributed by atoms with van der Waals surface area (Å²) in [5.41, 5.74) is 3.65. The quantitative estimate of drug-likeness (QED) is 0.0797. The van der Waals surface area contributed by atoms with Gasteiger partial charge in [0, 0.05) is 11.5 Å². The normalized spacial score (nSPS) is 22.4. The minimum atomic E-state index is -4.51. The SMILES string of the molecule is C=C(C)[C@@H]1CCC(C)=C[C@H]1c1c(O)cc(CCCCC)cc1OC(=O)C(OP(=O)(O)OC(C)C)C1CCCCC1. The summed E-state index contributed by atoms with van der Waals surface area (Å²) in [5.74, 6) is -0.752. The van der Waals surface area contributed by atoms with Crippen molar-refractivity contribution in [1.29, 1.82) is 0 Å². The van der Waals surface area contributed by atoms with E-state index in [2.05, 4.69) is 26.5 Å². The van der Waals surface area contributed by atoms with Crippen molar-refractivity contribution in [3.05, 3.63) is 47.1 Å². The molecule has 40 heavy (non-hydrogen) atoms. The van der Waals surface area contributed by atoms with Gasteiger partial charge in [-0.15, -0.1) is 0 Å². The Morgan fingerprint density at radius 2 is 1.82 bits per heavy atom. The number of ether oxygens (including phenoxy) is 1. The maximum Gasteiger partial charge on any atom is 0.473 e. The predicted octanol–water partition coefficient (Wildman–Crippen LogP) is 8.54. The molecule has 0 heterocycles. The summed E-state index contributed by atoms with van der Waals surface area (Å²) in [4.78, 5) is 24.3. The highest BCUT2D eigenvalue weighted by Gasteiger charge is 2.40. The summed E-state index contributed by atoms with van der Waals surface area (Å²) >= 11 is 0. The number of aryl methyl sites for hydroxylation is 1. The van der Waals surface area contributed by atoms with Crippen LogP contribution in [0.15, 0.2) is 35.9 Å². The second-order valence-electron chi connectivity index (χ2n) is 12.0. The van der Waals surface area contributed by atoms with Crippen LogP contribution in [0, 0.1) is 11.8 Å². The van der Waals surface area contributed by atoms with Crippen LogP contribution < -0.4 is 4.74 Å². The molecular weight excluding hydrogens is 527 g/mol. The summed E-state index contributed by atoms with van der Waals surface area (Å²) in [7, 11) is -4.51. The maximum absolute atomic E-state index is 13.8. The van der Waals surface area contributed by atoms with Gasteiger partial charge in [-0.3, -0.25) is 9.05 Å². The minimum Gasteiger partial charge on any atom is -0.507 e. The number of carbonyl (C=O) groups is 1. The van der Waals surface area contributed by atoms with Crippen LogP contribution in [0.25, 0.3) is 0 Å². The average Bonchev–Trinajstić information content (AvgIpc) is 2.87. The van der Waals surface area contributed by atoms with Crippen LogP contribution in [-0.4, -0.2) is 28.2 Å². The molecule has 1 fully saturated rings. The van der Waals surface area contributed by atoms with Gasteiger partial charge in [-0.25, -0.2) is 9.36 Å². The second-order valence-corrected chi connectivity index (χ2v) is 13.3. The monoisotopic (exact) mass is 576 g/mol. The zero-order valence-corrected chi connectivity index (χ0v) is 25.9. The van der Waals surface area contributed by atoms with E-state index in [1.807, 2.05) is 13.0 Å². The van der Waals surface area contributed by atoms with Crippen LogP contribution in [0.4, 0.5) is 0 Å². The third kappa shape index (κ3) is 9.04. The largest absolute Gasteiger partial charge is 0.507 e. The van der Waals surface area contributed by atoms with Crippen molar-refractivity contribution in [1.82, 2.24) is 0 Å². The fourth-order valence-electron chi connectivity index (χ4n) is 6.08. The Labute approximate surface area is 240 Å². The molecule has 0 spiro atoms. The van der Waals surface area contributed by atoms with Gasteiger partial charge in [0.15, 0.2) is 6.10 Å². The molecule has 0 amide bonds. The summed E-state index contributed by atoms with van der Waals surface area (Å²) < 4.78 is 29.6. The molecule has 0 aliphatic heterocycles. The Hall–Kier alpha value is -1.92. The highest BCUT2D eigenvalue weighted by Crippen LogP contribution is 2.50. The van der Waals surface area contributed by atoms with Crippen molar-refractivity contribution in [2.45, 2.75) is 123 Å². The fourth-order valence-corrected chi connectivity index (χ4v) is 7.20. The van der Waals surface area contributed by atoms with E-state index in [1.165, 1.54) is 5.57 Å². The molecule has 2 aliphatic rings. The Morgan fingerprint density at radius 3 is 2.45 bits per heavy atom. The number of allylic oxidation sites excluding steroid dienone is 3. The lowest BCUT2D eigenvalue weighted by molar-refractivity contribution is -0.147. The molecule has 2 aliphatic carbocycles. The van der Waals surface area contributed by atoms with Crippen molar-refractivity contribution in [3.8, 4) is 11.5 Å². The Bertz CT molecular complexity index is 1100. The molecule has 1 aromatic carbocycles. The van der Waals surface area contributed by atoms with Gasteiger partial charge in [-0.05, 0) is 95.8 Å². The summed E-state index contributed by atoms with van der Waals surface area (Å²) in [6.45, 7) is 13.7. The lowest BCUT2D eigenvalue weighted by Crippen LogP contribution is -2.37. The van der Waals surface area contributed by atoms with Gasteiger partial charge in [0.1, 0.15) is 11.5 Å². The zero-order chi connectivity index (χ0) is 29.4. The van der Waals surface area contributed by atoms with Gasteiger partial charge in [-0.2, -0.15) is 0 Å². The van der Waals surface area contributed by atoms with Crippen LogP contribution >= 0.6 is 7.82 Å². The molecule has 1 saturated carbocycles. The number of hydrogen-bond acceptors (Lipinski definition) is 6. The molecule has 0 radical (unpaired) electrons. The fraction of sp³-hybridized carbons (Fsp3) is 0.656. The number of benzene rings is 1. The first kappa shape index (κ1) is 32.6. The molecule has 1 aromatic rings. The summed E-state index contributed by atoms with van der Waals surface area (Å²) in [6, 6.07) is 3.63. The third-order valence-corrected chi connectivity index (χ3v) is 9.26. The first-order chi connectivity index (χ1) is 18.9. The van der Waals surface area contributed by atoms with Crippen LogP contribution in [0.5, 0.6) is 11.5 Å². The van der Waals surface area contributed by atoms with Crippen molar-refractivity contribution in [2.24, 2.45) is 11.8 Å². The van der Waals surface area contributed by atoms with Gasteiger partial charge in [0.2, 0.25) is 0 Å². The van der Waals surface area contributed by atoms with Gasteiger partial charge in [0.25, 0.3) is 0 Å². The molecule has 2 unspecified atom stereocenters. The predicted molar refractivity (Wildman–Crippen MR) is 159 cm³/mol. The van der Waals surface area contributed by atoms with Gasteiger partial charge < -0.3 is 14.7 Å². The number of phenolic OH excluding ortho intramolecular Hbond substituents is 1. The molecule has 0 aromatic heterocycles. The maximum atomic E-state index is 13.8. The van der Waals surface area contributed by atoms with Crippen LogP contribution in [-0.2, 0) is 24.8 Å². The van der Waals surface area contributed by atoms with E-state index >= 15 is 0 Å². The van der Waals surface area contributed by atoms with Crippen molar-refractivity contribution in [3.63, 3.8) is 0 Å². The molecule has 2 N–H and O–H groups in total. The third-order valence-electron chi connectivity index (χ3n) is 8.07. The number of unbranched alkanes of at least 4 members (excludes halogenated alkanes) is 2. The Morgan fingerprint density at radius 1 is 1.12 bits per heavy atom. The van der Waals surface area contributed by atoms with Crippen LogP contribution in [0.3, 0.4) is 0 Å². The number of phenols is 1. The lowest BCUT2D eigenvalue weighted by Gasteiger charge is -2.33. The number of esters is 1. The average molecular weight is 577 g/mol. The first-order valence-corrected chi connectivity index (χ1v) is 16.5. The van der Waals surface area contributed by atoms with Crippen molar-refractivity contribution >= 4 is 13.8 Å². The van der Waals surface area contributed by atoms with E-state index in [0.717, 1.165) is 68.9 Å². The topological polar surface area (TPSA) is 102 Å². The molecule has 8 heteroatoms. The van der Waals surface area contributed by atoms with E-state index in [0.29, 0.717) is 18.4 Å². The number of aromatic hydroxyl groups is 1. The minimum absolute atomic E-state index is 0.0838. The number of rotatable bonds is 13. The van der Waals surface area contributed by atoms with Crippen LogP contribution in [0.2, 0.25) is 0 Å². The Kier molecular flexibility index (Phi) is 12.1. The second kappa shape index (κ2) is 14.8. The molecule has 0 bridgehead atoms. The lowest BCUT2D eigenvalue weighted by atomic mass is 9.73. The molecule has 7 nitrogen and oxygen atoms in total. The zero-order valence-electron chi connectivity index (χ0n) is 25.0. The molecule has 4 atom stereocenters. The van der Waals surface area contributed by atoms with Crippen molar-refractivity contribution in [2.75, 3.05) is 0 Å². The van der Waals surface area contributed by atoms with Gasteiger partial charge >= 0.3 is 13.8 Å². The van der Waals surface area contributed by atoms with Gasteiger partial charge in [-0.1, -0.05) is 62.8 Å². The van der Waals surface area contributed by atoms with E-state index < -0.39 is 26.0 Å². The Balaban J connectivity index is 2.03.